The first kappa shape index (κ1) is 22.8. The number of rotatable bonds is 5. The Bertz CT molecular complexity index is 856. The summed E-state index contributed by atoms with van der Waals surface area (Å²) in [4.78, 5) is 16.8. The number of nitrogens with zero attached hydrogens (tertiary/aromatic N) is 4. The van der Waals surface area contributed by atoms with Crippen molar-refractivity contribution in [2.75, 3.05) is 24.2 Å². The van der Waals surface area contributed by atoms with Gasteiger partial charge in [0.1, 0.15) is 18.0 Å². The summed E-state index contributed by atoms with van der Waals surface area (Å²) in [5.41, 5.74) is 5.67. The summed E-state index contributed by atoms with van der Waals surface area (Å²) < 4.78 is 51.7. The molecular weight excluding hydrogens is 410 g/mol. The molecule has 0 aliphatic carbocycles. The third-order valence-electron chi connectivity index (χ3n) is 4.18. The monoisotopic (exact) mass is 431 g/mol. The van der Waals surface area contributed by atoms with Crippen LogP contribution < -0.4 is 10.6 Å². The van der Waals surface area contributed by atoms with Crippen LogP contribution in [0.25, 0.3) is 17.5 Å². The van der Waals surface area contributed by atoms with E-state index in [0.717, 1.165) is 6.08 Å². The molecule has 2 aromatic heterocycles. The first-order valence-corrected chi connectivity index (χ1v) is 9.41. The minimum atomic E-state index is -2.90. The van der Waals surface area contributed by atoms with E-state index in [2.05, 4.69) is 32.6 Å². The van der Waals surface area contributed by atoms with Gasteiger partial charge in [-0.15, -0.1) is 0 Å². The second-order valence-corrected chi connectivity index (χ2v) is 6.10. The smallest absolute Gasteiger partial charge is 0.279 e. The highest BCUT2D eigenvalue weighted by molar-refractivity contribution is 7.79. The fourth-order valence-electron chi connectivity index (χ4n) is 2.60. The average molecular weight is 431 g/mol. The number of hydrogen-bond acceptors (Lipinski definition) is 7. The van der Waals surface area contributed by atoms with Gasteiger partial charge in [0, 0.05) is 25.6 Å². The fraction of sp³-hybridized carbons (Fsp3) is 0.412. The van der Waals surface area contributed by atoms with Crippen LogP contribution in [0.15, 0.2) is 24.7 Å². The quantitative estimate of drug-likeness (QED) is 0.331. The van der Waals surface area contributed by atoms with Crippen LogP contribution in [0.3, 0.4) is 0 Å². The van der Waals surface area contributed by atoms with Gasteiger partial charge in [0.25, 0.3) is 12.3 Å². The van der Waals surface area contributed by atoms with Crippen LogP contribution in [0.2, 0.25) is 0 Å². The number of alkyl halides is 4. The zero-order valence-corrected chi connectivity index (χ0v) is 16.4. The number of anilines is 1. The van der Waals surface area contributed by atoms with Crippen LogP contribution >= 0.6 is 12.6 Å². The van der Waals surface area contributed by atoms with Gasteiger partial charge in [-0.05, 0) is 18.4 Å². The number of nitrogens with two attached hydrogens (primary N) is 1. The highest BCUT2D eigenvalue weighted by atomic mass is 32.1. The number of imidazole rings is 1. The number of halogens is 4. The minimum Gasteiger partial charge on any atom is -0.354 e. The van der Waals surface area contributed by atoms with E-state index in [-0.39, 0.29) is 25.3 Å². The van der Waals surface area contributed by atoms with E-state index < -0.39 is 24.1 Å². The number of allylic oxidation sites excluding steroid dienone is 1. The van der Waals surface area contributed by atoms with E-state index >= 15 is 0 Å². The zero-order valence-electron chi connectivity index (χ0n) is 15.5. The molecule has 0 saturated carbocycles. The lowest BCUT2D eigenvalue weighted by Crippen LogP contribution is -2.55. The largest absolute Gasteiger partial charge is 0.354 e. The number of aromatic amines is 1. The van der Waals surface area contributed by atoms with Gasteiger partial charge in [0.15, 0.2) is 0 Å². The van der Waals surface area contributed by atoms with Crippen LogP contribution in [0.4, 0.5) is 23.4 Å². The summed E-state index contributed by atoms with van der Waals surface area (Å²) in [5.74, 6) is -2.17. The van der Waals surface area contributed by atoms with Gasteiger partial charge < -0.3 is 15.6 Å². The Balaban J connectivity index is 0.00000145. The molecule has 0 spiro atoms. The number of H-pyrrole nitrogens is 1. The molecule has 3 rings (SSSR count). The van der Waals surface area contributed by atoms with Crippen LogP contribution in [-0.4, -0.2) is 63.4 Å². The van der Waals surface area contributed by atoms with Crippen molar-refractivity contribution in [2.24, 2.45) is 5.73 Å². The molecule has 0 radical (unpaired) electrons. The summed E-state index contributed by atoms with van der Waals surface area (Å²) >= 11 is 3.53. The summed E-state index contributed by atoms with van der Waals surface area (Å²) in [6.07, 6.45) is 3.44. The van der Waals surface area contributed by atoms with E-state index in [1.807, 2.05) is 0 Å². The zero-order chi connectivity index (χ0) is 21.6. The number of aromatic nitrogens is 4. The topological polar surface area (TPSA) is 108 Å². The Morgan fingerprint density at radius 3 is 2.76 bits per heavy atom. The molecule has 1 unspecified atom stereocenters. The summed E-state index contributed by atoms with van der Waals surface area (Å²) in [6, 6.07) is 0.331. The lowest BCUT2D eigenvalue weighted by molar-refractivity contribution is -0.0394. The van der Waals surface area contributed by atoms with Crippen molar-refractivity contribution in [3.05, 3.63) is 30.5 Å². The maximum atomic E-state index is 13.5. The van der Waals surface area contributed by atoms with E-state index in [4.69, 9.17) is 11.1 Å². The van der Waals surface area contributed by atoms with Gasteiger partial charge in [0.2, 0.25) is 0 Å². The summed E-state index contributed by atoms with van der Waals surface area (Å²) in [5, 5.41) is 7.08. The Morgan fingerprint density at radius 2 is 2.10 bits per heavy atom. The number of hydrogen-bond donors (Lipinski definition) is 4. The Labute approximate surface area is 170 Å². The van der Waals surface area contributed by atoms with E-state index in [9.17, 15) is 17.6 Å². The minimum absolute atomic E-state index is 0.0316. The summed E-state index contributed by atoms with van der Waals surface area (Å²) in [7, 11) is 0. The first-order valence-electron chi connectivity index (χ1n) is 8.51. The molecular formula is C17H21F4N7S. The Hall–Kier alpha value is -2.47. The van der Waals surface area contributed by atoms with Crippen LogP contribution in [-0.2, 0) is 0 Å². The number of thiol groups is 1. The molecule has 1 atom stereocenters. The van der Waals surface area contributed by atoms with Crippen molar-refractivity contribution >= 4 is 30.2 Å². The molecule has 1 aliphatic rings. The molecule has 7 nitrogen and oxygen atoms in total. The van der Waals surface area contributed by atoms with Crippen molar-refractivity contribution in [1.82, 2.24) is 19.9 Å². The van der Waals surface area contributed by atoms with Gasteiger partial charge in [-0.1, -0.05) is 0 Å². The predicted octanol–water partition coefficient (Wildman–Crippen LogP) is 2.88. The van der Waals surface area contributed by atoms with Gasteiger partial charge >= 0.3 is 0 Å². The van der Waals surface area contributed by atoms with Gasteiger partial charge in [-0.3, -0.25) is 5.41 Å². The first-order chi connectivity index (χ1) is 13.8. The second-order valence-electron chi connectivity index (χ2n) is 6.10. The second kappa shape index (κ2) is 9.83. The van der Waals surface area contributed by atoms with E-state index in [1.54, 1.807) is 17.2 Å². The molecule has 158 valence electrons. The van der Waals surface area contributed by atoms with Crippen LogP contribution in [0.1, 0.15) is 12.2 Å². The molecule has 0 bridgehead atoms. The van der Waals surface area contributed by atoms with E-state index in [1.165, 1.54) is 18.6 Å². The Morgan fingerprint density at radius 1 is 1.38 bits per heavy atom. The standard InChI is InChI=1S/C16H17F4N7.CH4S/c17-15(18)9(21)1-2-13-23-6-11(26-13)10-5-14(25-8-24-10)27-4-3-16(19,20)12(22)7-27;1-2/h1-2,5-6,8,12,15,21H,3-4,7,22H2,(H,23,26);2H,1H3/b2-1-,21-9?;. The molecule has 0 aromatic carbocycles. The van der Waals surface area contributed by atoms with Crippen molar-refractivity contribution in [1.29, 1.82) is 5.41 Å². The lowest BCUT2D eigenvalue weighted by Gasteiger charge is -2.37. The number of piperidine rings is 1. The Kier molecular flexibility index (Phi) is 7.73. The third kappa shape index (κ3) is 5.76. The maximum absolute atomic E-state index is 13.5. The molecule has 1 saturated heterocycles. The highest BCUT2D eigenvalue weighted by Gasteiger charge is 2.42. The number of nitrogens with one attached hydrogen (secondary N) is 2. The van der Waals surface area contributed by atoms with Crippen molar-refractivity contribution in [2.45, 2.75) is 24.8 Å². The molecule has 2 aromatic rings. The van der Waals surface area contributed by atoms with Crippen molar-refractivity contribution in [3.8, 4) is 11.4 Å². The average Bonchev–Trinajstić information content (AvgIpc) is 3.19. The van der Waals surface area contributed by atoms with Crippen LogP contribution in [0, 0.1) is 5.41 Å². The molecule has 12 heteroatoms. The van der Waals surface area contributed by atoms with Crippen molar-refractivity contribution in [3.63, 3.8) is 0 Å². The molecule has 3 heterocycles. The van der Waals surface area contributed by atoms with Gasteiger partial charge in [-0.25, -0.2) is 32.5 Å². The predicted molar refractivity (Wildman–Crippen MR) is 107 cm³/mol. The van der Waals surface area contributed by atoms with Crippen LogP contribution in [0.5, 0.6) is 0 Å². The highest BCUT2D eigenvalue weighted by Crippen LogP contribution is 2.30. The lowest BCUT2D eigenvalue weighted by atomic mass is 10.0. The molecule has 0 amide bonds. The van der Waals surface area contributed by atoms with Gasteiger partial charge in [0.05, 0.1) is 29.3 Å². The molecule has 4 N–H and O–H groups in total. The normalized spacial score (nSPS) is 18.6. The third-order valence-corrected chi connectivity index (χ3v) is 4.18. The molecule has 29 heavy (non-hydrogen) atoms. The van der Waals surface area contributed by atoms with E-state index in [0.29, 0.717) is 17.2 Å². The molecule has 1 aliphatic heterocycles. The fourth-order valence-corrected chi connectivity index (χ4v) is 2.60. The SMILES string of the molecule is CS.N=C(/C=C\c1ncc(-c2cc(N3CCC(F)(F)C(N)C3)ncn2)[nH]1)C(F)F. The van der Waals surface area contributed by atoms with Crippen molar-refractivity contribution < 1.29 is 17.6 Å². The summed E-state index contributed by atoms with van der Waals surface area (Å²) in [6.45, 7) is 0.0833. The molecule has 1 fully saturated rings. The van der Waals surface area contributed by atoms with Gasteiger partial charge in [-0.2, -0.15) is 12.6 Å². The maximum Gasteiger partial charge on any atom is 0.279 e.